The van der Waals surface area contributed by atoms with Gasteiger partial charge in [0.25, 0.3) is 0 Å². The first-order valence-electron chi connectivity index (χ1n) is 7.50. The molecule has 0 heterocycles. The van der Waals surface area contributed by atoms with E-state index in [4.69, 9.17) is 4.74 Å². The van der Waals surface area contributed by atoms with Gasteiger partial charge in [0.2, 0.25) is 5.91 Å². The van der Waals surface area contributed by atoms with Crippen molar-refractivity contribution < 1.29 is 9.53 Å². The van der Waals surface area contributed by atoms with Crippen molar-refractivity contribution in [2.75, 3.05) is 19.7 Å². The van der Waals surface area contributed by atoms with Crippen LogP contribution in [0.25, 0.3) is 0 Å². The zero-order chi connectivity index (χ0) is 15.5. The van der Waals surface area contributed by atoms with Crippen molar-refractivity contribution in [1.82, 2.24) is 10.6 Å². The zero-order valence-corrected chi connectivity index (χ0v) is 14.4. The summed E-state index contributed by atoms with van der Waals surface area (Å²) in [5.41, 5.74) is 0. The third-order valence-electron chi connectivity index (χ3n) is 3.04. The lowest BCUT2D eigenvalue weighted by molar-refractivity contribution is -0.121. The maximum atomic E-state index is 11.6. The summed E-state index contributed by atoms with van der Waals surface area (Å²) < 4.78 is 6.65. The van der Waals surface area contributed by atoms with Crippen LogP contribution in [-0.2, 0) is 4.79 Å². The first-order chi connectivity index (χ1) is 10.1. The van der Waals surface area contributed by atoms with Crippen molar-refractivity contribution in [3.63, 3.8) is 0 Å². The van der Waals surface area contributed by atoms with Crippen molar-refractivity contribution in [1.29, 1.82) is 0 Å². The minimum absolute atomic E-state index is 0.114. The van der Waals surface area contributed by atoms with Crippen molar-refractivity contribution in [2.24, 2.45) is 0 Å². The Balaban J connectivity index is 2.03. The van der Waals surface area contributed by atoms with E-state index in [2.05, 4.69) is 40.4 Å². The van der Waals surface area contributed by atoms with Crippen LogP contribution in [0.3, 0.4) is 0 Å². The van der Waals surface area contributed by atoms with Gasteiger partial charge in [-0.05, 0) is 50.6 Å². The summed E-state index contributed by atoms with van der Waals surface area (Å²) in [6, 6.07) is 8.08. The number of rotatable bonds is 10. The fraction of sp³-hybridized carbons (Fsp3) is 0.562. The highest BCUT2D eigenvalue weighted by atomic mass is 79.9. The largest absolute Gasteiger partial charge is 0.494 e. The second-order valence-electron chi connectivity index (χ2n) is 5.02. The molecule has 0 aliphatic heterocycles. The summed E-state index contributed by atoms with van der Waals surface area (Å²) in [5, 5.41) is 6.20. The van der Waals surface area contributed by atoms with E-state index >= 15 is 0 Å². The first-order valence-corrected chi connectivity index (χ1v) is 8.29. The Morgan fingerprint density at radius 1 is 1.29 bits per heavy atom. The van der Waals surface area contributed by atoms with E-state index in [-0.39, 0.29) is 5.91 Å². The molecule has 1 rings (SSSR count). The van der Waals surface area contributed by atoms with Gasteiger partial charge in [-0.1, -0.05) is 22.9 Å². The molecular weight excluding hydrogens is 332 g/mol. The Labute approximate surface area is 135 Å². The maximum Gasteiger partial charge on any atom is 0.220 e. The van der Waals surface area contributed by atoms with Gasteiger partial charge in [-0.2, -0.15) is 0 Å². The average molecular weight is 357 g/mol. The molecule has 0 bridgehead atoms. The number of hydrogen-bond donors (Lipinski definition) is 2. The van der Waals surface area contributed by atoms with Crippen LogP contribution >= 0.6 is 15.9 Å². The number of ether oxygens (including phenoxy) is 1. The van der Waals surface area contributed by atoms with Crippen LogP contribution in [0.15, 0.2) is 28.7 Å². The number of unbranched alkanes of at least 4 members (excludes halogenated alkanes) is 1. The number of nitrogens with one attached hydrogen (secondary N) is 2. The van der Waals surface area contributed by atoms with E-state index in [1.807, 2.05) is 24.3 Å². The van der Waals surface area contributed by atoms with Gasteiger partial charge in [-0.15, -0.1) is 0 Å². The van der Waals surface area contributed by atoms with Gasteiger partial charge < -0.3 is 15.4 Å². The number of carbonyl (C=O) groups is 1. The number of halogens is 1. The van der Waals surface area contributed by atoms with Crippen LogP contribution in [0.2, 0.25) is 0 Å². The van der Waals surface area contributed by atoms with E-state index in [9.17, 15) is 4.79 Å². The molecule has 5 heteroatoms. The molecule has 0 unspecified atom stereocenters. The molecule has 0 aliphatic rings. The third-order valence-corrected chi connectivity index (χ3v) is 3.57. The number of benzene rings is 1. The first kappa shape index (κ1) is 18.0. The van der Waals surface area contributed by atoms with Crippen molar-refractivity contribution in [3.8, 4) is 5.75 Å². The van der Waals surface area contributed by atoms with Crippen molar-refractivity contribution in [3.05, 3.63) is 28.7 Å². The van der Waals surface area contributed by atoms with Crippen LogP contribution < -0.4 is 15.4 Å². The van der Waals surface area contributed by atoms with E-state index < -0.39 is 0 Å². The molecule has 0 aliphatic carbocycles. The fourth-order valence-corrected chi connectivity index (χ4v) is 2.15. The molecule has 4 nitrogen and oxygen atoms in total. The van der Waals surface area contributed by atoms with Crippen LogP contribution in [0.1, 0.15) is 33.1 Å². The topological polar surface area (TPSA) is 50.4 Å². The maximum absolute atomic E-state index is 11.6. The summed E-state index contributed by atoms with van der Waals surface area (Å²) >= 11 is 3.38. The number of carbonyl (C=O) groups excluding carboxylic acids is 1. The molecule has 0 radical (unpaired) electrons. The summed E-state index contributed by atoms with van der Waals surface area (Å²) in [6.07, 6.45) is 2.28. The molecule has 0 spiro atoms. The monoisotopic (exact) mass is 356 g/mol. The normalized spacial score (nSPS) is 12.0. The summed E-state index contributed by atoms with van der Waals surface area (Å²) in [4.78, 5) is 11.6. The van der Waals surface area contributed by atoms with Gasteiger partial charge in [0, 0.05) is 23.5 Å². The van der Waals surface area contributed by atoms with Gasteiger partial charge in [-0.25, -0.2) is 0 Å². The predicted octanol–water partition coefficient (Wildman–Crippen LogP) is 3.11. The minimum atomic E-state index is 0.114. The number of hydrogen-bond acceptors (Lipinski definition) is 3. The van der Waals surface area contributed by atoms with E-state index in [1.54, 1.807) is 0 Å². The van der Waals surface area contributed by atoms with Crippen molar-refractivity contribution >= 4 is 21.8 Å². The molecule has 0 saturated carbocycles. The highest BCUT2D eigenvalue weighted by molar-refractivity contribution is 9.10. The van der Waals surface area contributed by atoms with Crippen molar-refractivity contribution in [2.45, 2.75) is 39.2 Å². The molecule has 0 fully saturated rings. The molecular formula is C16H25BrN2O2. The van der Waals surface area contributed by atoms with Crippen LogP contribution in [0, 0.1) is 0 Å². The predicted molar refractivity (Wildman–Crippen MR) is 89.6 cm³/mol. The second kappa shape index (κ2) is 10.6. The Bertz CT molecular complexity index is 409. The van der Waals surface area contributed by atoms with Gasteiger partial charge in [-0.3, -0.25) is 4.79 Å². The van der Waals surface area contributed by atoms with Crippen LogP contribution in [0.5, 0.6) is 5.75 Å². The van der Waals surface area contributed by atoms with E-state index in [1.165, 1.54) is 0 Å². The molecule has 0 saturated heterocycles. The lowest BCUT2D eigenvalue weighted by Crippen LogP contribution is -2.38. The average Bonchev–Trinajstić information content (AvgIpc) is 2.47. The zero-order valence-electron chi connectivity index (χ0n) is 12.8. The molecule has 1 amide bonds. The van der Waals surface area contributed by atoms with Gasteiger partial charge in [0.1, 0.15) is 5.75 Å². The standard InChI is InChI=1S/C16H25BrN2O2/c1-3-18-13(2)12-19-16(20)6-4-5-11-21-15-9-7-14(17)8-10-15/h7-10,13,18H,3-6,11-12H2,1-2H3,(H,19,20)/t13-/m1/s1. The SMILES string of the molecule is CCN[C@H](C)CNC(=O)CCCCOc1ccc(Br)cc1. The van der Waals surface area contributed by atoms with Gasteiger partial charge >= 0.3 is 0 Å². The summed E-state index contributed by atoms with van der Waals surface area (Å²) in [6.45, 7) is 6.37. The molecule has 1 aromatic rings. The van der Waals surface area contributed by atoms with Gasteiger partial charge in [0.15, 0.2) is 0 Å². The molecule has 1 atom stereocenters. The Hall–Kier alpha value is -1.07. The molecule has 118 valence electrons. The fourth-order valence-electron chi connectivity index (χ4n) is 1.88. The second-order valence-corrected chi connectivity index (χ2v) is 5.94. The quantitative estimate of drug-likeness (QED) is 0.633. The Kier molecular flexibility index (Phi) is 9.10. The molecule has 2 N–H and O–H groups in total. The third kappa shape index (κ3) is 8.73. The van der Waals surface area contributed by atoms with E-state index in [0.29, 0.717) is 25.6 Å². The molecule has 0 aromatic heterocycles. The summed E-state index contributed by atoms with van der Waals surface area (Å²) in [7, 11) is 0. The highest BCUT2D eigenvalue weighted by Gasteiger charge is 2.04. The summed E-state index contributed by atoms with van der Waals surface area (Å²) in [5.74, 6) is 0.977. The van der Waals surface area contributed by atoms with Crippen LogP contribution in [0.4, 0.5) is 0 Å². The molecule has 1 aromatic carbocycles. The van der Waals surface area contributed by atoms with Gasteiger partial charge in [0.05, 0.1) is 6.61 Å². The number of likely N-dealkylation sites (N-methyl/N-ethyl adjacent to an activating group) is 1. The van der Waals surface area contributed by atoms with Crippen LogP contribution in [-0.4, -0.2) is 31.6 Å². The minimum Gasteiger partial charge on any atom is -0.494 e. The Morgan fingerprint density at radius 3 is 2.67 bits per heavy atom. The Morgan fingerprint density at radius 2 is 2.00 bits per heavy atom. The van der Waals surface area contributed by atoms with E-state index in [0.717, 1.165) is 29.6 Å². The lowest BCUT2D eigenvalue weighted by Gasteiger charge is -2.13. The highest BCUT2D eigenvalue weighted by Crippen LogP contribution is 2.16. The lowest BCUT2D eigenvalue weighted by atomic mass is 10.2. The molecule has 21 heavy (non-hydrogen) atoms. The smallest absolute Gasteiger partial charge is 0.220 e. The number of amides is 1.